The minimum Gasteiger partial charge on any atom is -0.161 e. The fourth-order valence-electron chi connectivity index (χ4n) is 0.739. The highest BCUT2D eigenvalue weighted by atomic mass is 32.2. The van der Waals surface area contributed by atoms with Gasteiger partial charge in [0.25, 0.3) is 0 Å². The van der Waals surface area contributed by atoms with Crippen molar-refractivity contribution < 1.29 is 0 Å². The van der Waals surface area contributed by atoms with Crippen LogP contribution in [0.1, 0.15) is 6.42 Å². The monoisotopic (exact) mass is 114 g/mol. The van der Waals surface area contributed by atoms with E-state index in [-0.39, 0.29) is 0 Å². The molecule has 0 N–H and O–H groups in total. The maximum Gasteiger partial charge on any atom is -0.000426 e. The largest absolute Gasteiger partial charge is 0.161 e. The van der Waals surface area contributed by atoms with Gasteiger partial charge in [-0.2, -0.15) is 11.8 Å². The van der Waals surface area contributed by atoms with Crippen molar-refractivity contribution in [2.45, 2.75) is 6.42 Å². The third kappa shape index (κ3) is 1.23. The van der Waals surface area contributed by atoms with E-state index >= 15 is 0 Å². The van der Waals surface area contributed by atoms with Crippen LogP contribution in [0.3, 0.4) is 0 Å². The molecule has 0 aliphatic carbocycles. The molecule has 0 aromatic carbocycles. The molecule has 1 saturated heterocycles. The Kier molecular flexibility index (Phi) is 1.80. The first-order chi connectivity index (χ1) is 3.43. The minimum atomic E-state index is 0.824. The fourth-order valence-corrected chi connectivity index (χ4v) is 1.98. The zero-order chi connectivity index (χ0) is 5.11. The highest BCUT2D eigenvalue weighted by Crippen LogP contribution is 2.23. The average Bonchev–Trinajstić information content (AvgIpc) is 2.14. The van der Waals surface area contributed by atoms with Gasteiger partial charge in [-0.25, -0.2) is 0 Å². The van der Waals surface area contributed by atoms with Crippen LogP contribution in [0.25, 0.3) is 0 Å². The van der Waals surface area contributed by atoms with Crippen LogP contribution in [0.4, 0.5) is 0 Å². The number of rotatable bonds is 1. The van der Waals surface area contributed by atoms with Gasteiger partial charge in [0, 0.05) is 0 Å². The molecule has 0 bridgehead atoms. The lowest BCUT2D eigenvalue weighted by molar-refractivity contribution is 0.750. The summed E-state index contributed by atoms with van der Waals surface area (Å²) in [6.45, 7) is 3.73. The van der Waals surface area contributed by atoms with Crippen molar-refractivity contribution in [3.05, 3.63) is 12.7 Å². The molecule has 1 fully saturated rings. The SMILES string of the molecule is C=CC1CCSC1. The van der Waals surface area contributed by atoms with Crippen LogP contribution >= 0.6 is 11.8 Å². The van der Waals surface area contributed by atoms with Crippen molar-refractivity contribution >= 4 is 11.8 Å². The topological polar surface area (TPSA) is 0 Å². The Balaban J connectivity index is 2.26. The summed E-state index contributed by atoms with van der Waals surface area (Å²) >= 11 is 2.04. The summed E-state index contributed by atoms with van der Waals surface area (Å²) in [7, 11) is 0. The zero-order valence-corrected chi connectivity index (χ0v) is 5.21. The van der Waals surface area contributed by atoms with Crippen LogP contribution in [0, 0.1) is 5.92 Å². The maximum absolute atomic E-state index is 3.73. The number of hydrogen-bond acceptors (Lipinski definition) is 1. The van der Waals surface area contributed by atoms with Crippen molar-refractivity contribution in [3.63, 3.8) is 0 Å². The van der Waals surface area contributed by atoms with E-state index in [0.717, 1.165) is 5.92 Å². The van der Waals surface area contributed by atoms with Gasteiger partial charge in [-0.1, -0.05) is 6.08 Å². The quantitative estimate of drug-likeness (QED) is 0.469. The zero-order valence-electron chi connectivity index (χ0n) is 4.39. The van der Waals surface area contributed by atoms with E-state index in [1.54, 1.807) is 0 Å². The number of hydrogen-bond donors (Lipinski definition) is 0. The Hall–Kier alpha value is 0.0900. The van der Waals surface area contributed by atoms with Crippen molar-refractivity contribution in [2.24, 2.45) is 5.92 Å². The number of thioether (sulfide) groups is 1. The molecule has 1 aliphatic rings. The molecule has 1 rings (SSSR count). The van der Waals surface area contributed by atoms with Gasteiger partial charge in [0.15, 0.2) is 0 Å². The van der Waals surface area contributed by atoms with Crippen LogP contribution in [-0.2, 0) is 0 Å². The summed E-state index contributed by atoms with van der Waals surface area (Å²) in [6, 6.07) is 0. The van der Waals surface area contributed by atoms with E-state index in [1.165, 1.54) is 17.9 Å². The van der Waals surface area contributed by atoms with E-state index in [2.05, 4.69) is 12.7 Å². The minimum absolute atomic E-state index is 0.824. The average molecular weight is 114 g/mol. The lowest BCUT2D eigenvalue weighted by atomic mass is 10.1. The molecule has 1 heterocycles. The second kappa shape index (κ2) is 2.41. The first-order valence-corrected chi connectivity index (χ1v) is 3.79. The molecule has 1 aliphatic heterocycles. The fraction of sp³-hybridized carbons (Fsp3) is 0.667. The third-order valence-corrected chi connectivity index (χ3v) is 2.49. The van der Waals surface area contributed by atoms with Crippen LogP contribution in [0.5, 0.6) is 0 Å². The lowest BCUT2D eigenvalue weighted by Crippen LogP contribution is -1.88. The van der Waals surface area contributed by atoms with Gasteiger partial charge in [0.1, 0.15) is 0 Å². The normalized spacial score (nSPS) is 30.6. The van der Waals surface area contributed by atoms with Crippen molar-refractivity contribution in [3.8, 4) is 0 Å². The first-order valence-electron chi connectivity index (χ1n) is 2.64. The molecule has 1 heteroatoms. The van der Waals surface area contributed by atoms with E-state index in [0.29, 0.717) is 0 Å². The second-order valence-electron chi connectivity index (χ2n) is 1.86. The molecule has 1 unspecified atom stereocenters. The predicted octanol–water partition coefficient (Wildman–Crippen LogP) is 1.93. The lowest BCUT2D eigenvalue weighted by Gasteiger charge is -1.93. The Labute approximate surface area is 49.0 Å². The van der Waals surface area contributed by atoms with Gasteiger partial charge in [0.2, 0.25) is 0 Å². The molecule has 0 spiro atoms. The molecule has 40 valence electrons. The van der Waals surface area contributed by atoms with Gasteiger partial charge >= 0.3 is 0 Å². The van der Waals surface area contributed by atoms with Crippen molar-refractivity contribution in [2.75, 3.05) is 11.5 Å². The maximum atomic E-state index is 3.73. The van der Waals surface area contributed by atoms with Gasteiger partial charge in [-0.05, 0) is 23.8 Å². The Morgan fingerprint density at radius 1 is 1.71 bits per heavy atom. The summed E-state index contributed by atoms with van der Waals surface area (Å²) in [5.41, 5.74) is 0. The first kappa shape index (κ1) is 5.23. The molecule has 1 atom stereocenters. The summed E-state index contributed by atoms with van der Waals surface area (Å²) in [5.74, 6) is 3.48. The smallest absolute Gasteiger partial charge is 0.000426 e. The van der Waals surface area contributed by atoms with Gasteiger partial charge in [0.05, 0.1) is 0 Å². The van der Waals surface area contributed by atoms with E-state index in [1.807, 2.05) is 11.8 Å². The molecular formula is C6H10S. The Morgan fingerprint density at radius 3 is 2.86 bits per heavy atom. The van der Waals surface area contributed by atoms with Crippen molar-refractivity contribution in [1.29, 1.82) is 0 Å². The van der Waals surface area contributed by atoms with Gasteiger partial charge < -0.3 is 0 Å². The second-order valence-corrected chi connectivity index (χ2v) is 3.01. The third-order valence-electron chi connectivity index (χ3n) is 1.30. The molecule has 0 saturated carbocycles. The van der Waals surface area contributed by atoms with Crippen LogP contribution in [0.2, 0.25) is 0 Å². The molecular weight excluding hydrogens is 104 g/mol. The van der Waals surface area contributed by atoms with Crippen LogP contribution < -0.4 is 0 Å². The van der Waals surface area contributed by atoms with E-state index < -0.39 is 0 Å². The summed E-state index contributed by atoms with van der Waals surface area (Å²) < 4.78 is 0. The standard InChI is InChI=1S/C6H10S/c1-2-6-3-4-7-5-6/h2,6H,1,3-5H2. The Morgan fingerprint density at radius 2 is 2.57 bits per heavy atom. The Bertz CT molecular complexity index is 62.6. The molecule has 7 heavy (non-hydrogen) atoms. The van der Waals surface area contributed by atoms with Gasteiger partial charge in [-0.3, -0.25) is 0 Å². The van der Waals surface area contributed by atoms with Crippen LogP contribution in [0.15, 0.2) is 12.7 Å². The molecule has 0 nitrogen and oxygen atoms in total. The van der Waals surface area contributed by atoms with Gasteiger partial charge in [-0.15, -0.1) is 6.58 Å². The summed E-state index contributed by atoms with van der Waals surface area (Å²) in [6.07, 6.45) is 3.42. The molecule has 0 amide bonds. The molecule has 0 aromatic heterocycles. The summed E-state index contributed by atoms with van der Waals surface area (Å²) in [5, 5.41) is 0. The highest BCUT2D eigenvalue weighted by Gasteiger charge is 2.09. The molecule has 0 aromatic rings. The van der Waals surface area contributed by atoms with E-state index in [9.17, 15) is 0 Å². The van der Waals surface area contributed by atoms with Crippen molar-refractivity contribution in [1.82, 2.24) is 0 Å². The summed E-state index contributed by atoms with van der Waals surface area (Å²) in [4.78, 5) is 0. The van der Waals surface area contributed by atoms with E-state index in [4.69, 9.17) is 0 Å². The predicted molar refractivity (Wildman–Crippen MR) is 35.6 cm³/mol. The van der Waals surface area contributed by atoms with Crippen LogP contribution in [-0.4, -0.2) is 11.5 Å². The molecule has 0 radical (unpaired) electrons. The highest BCUT2D eigenvalue weighted by molar-refractivity contribution is 7.99. The number of allylic oxidation sites excluding steroid dienone is 1.